The standard InChI is InChI=1S/C20H20N2O2/c1-20(2,3)24-19-13-12-18(16-6-4-5-7-17(16)19)22-21-14-8-10-15(23)11-9-14/h4-13,23H,1-3H3. The maximum Gasteiger partial charge on any atom is 0.128 e. The third-order valence-electron chi connectivity index (χ3n) is 3.40. The molecule has 1 N–H and O–H groups in total. The predicted octanol–water partition coefficient (Wildman–Crippen LogP) is 6.14. The summed E-state index contributed by atoms with van der Waals surface area (Å²) < 4.78 is 6.05. The lowest BCUT2D eigenvalue weighted by Crippen LogP contribution is -2.23. The first-order valence-electron chi connectivity index (χ1n) is 7.84. The zero-order valence-corrected chi connectivity index (χ0v) is 14.0. The Balaban J connectivity index is 2.00. The fourth-order valence-electron chi connectivity index (χ4n) is 2.39. The maximum atomic E-state index is 9.32. The van der Waals surface area contributed by atoms with E-state index in [1.54, 1.807) is 24.3 Å². The summed E-state index contributed by atoms with van der Waals surface area (Å²) in [5, 5.41) is 19.9. The van der Waals surface area contributed by atoms with Crippen LogP contribution in [0.5, 0.6) is 11.5 Å². The third-order valence-corrected chi connectivity index (χ3v) is 3.40. The summed E-state index contributed by atoms with van der Waals surface area (Å²) in [6.45, 7) is 6.08. The molecule has 0 radical (unpaired) electrons. The van der Waals surface area contributed by atoms with Crippen molar-refractivity contribution in [3.8, 4) is 11.5 Å². The highest BCUT2D eigenvalue weighted by molar-refractivity contribution is 5.96. The molecule has 0 bridgehead atoms. The van der Waals surface area contributed by atoms with Crippen LogP contribution < -0.4 is 4.74 Å². The molecule has 122 valence electrons. The number of hydrogen-bond donors (Lipinski definition) is 1. The lowest BCUT2D eigenvalue weighted by molar-refractivity contribution is 0.133. The number of rotatable bonds is 3. The van der Waals surface area contributed by atoms with Gasteiger partial charge in [0.15, 0.2) is 0 Å². The van der Waals surface area contributed by atoms with Gasteiger partial charge in [-0.25, -0.2) is 0 Å². The summed E-state index contributed by atoms with van der Waals surface area (Å²) >= 11 is 0. The first-order valence-corrected chi connectivity index (χ1v) is 7.84. The molecule has 0 aliphatic rings. The molecule has 4 heteroatoms. The number of benzene rings is 3. The van der Waals surface area contributed by atoms with Crippen LogP contribution in [-0.4, -0.2) is 10.7 Å². The molecule has 3 aromatic carbocycles. The van der Waals surface area contributed by atoms with Crippen molar-refractivity contribution < 1.29 is 9.84 Å². The summed E-state index contributed by atoms with van der Waals surface area (Å²) in [7, 11) is 0. The molecule has 0 aliphatic carbocycles. The van der Waals surface area contributed by atoms with Gasteiger partial charge in [-0.05, 0) is 57.2 Å². The van der Waals surface area contributed by atoms with Crippen molar-refractivity contribution in [2.45, 2.75) is 26.4 Å². The quantitative estimate of drug-likeness (QED) is 0.589. The first kappa shape index (κ1) is 16.0. The SMILES string of the molecule is CC(C)(C)Oc1ccc(N=Nc2ccc(O)cc2)c2ccccc12. The van der Waals surface area contributed by atoms with E-state index in [-0.39, 0.29) is 11.4 Å². The van der Waals surface area contributed by atoms with Crippen LogP contribution in [0.3, 0.4) is 0 Å². The number of phenols is 1. The van der Waals surface area contributed by atoms with E-state index < -0.39 is 0 Å². The van der Waals surface area contributed by atoms with E-state index in [1.807, 2.05) is 57.2 Å². The topological polar surface area (TPSA) is 54.2 Å². The van der Waals surface area contributed by atoms with Gasteiger partial charge >= 0.3 is 0 Å². The van der Waals surface area contributed by atoms with Gasteiger partial charge < -0.3 is 9.84 Å². The highest BCUT2D eigenvalue weighted by Gasteiger charge is 2.14. The average molecular weight is 320 g/mol. The number of azo groups is 1. The zero-order valence-electron chi connectivity index (χ0n) is 14.0. The minimum Gasteiger partial charge on any atom is -0.508 e. The molecular weight excluding hydrogens is 300 g/mol. The fraction of sp³-hybridized carbons (Fsp3) is 0.200. The van der Waals surface area contributed by atoms with Crippen LogP contribution in [-0.2, 0) is 0 Å². The minimum atomic E-state index is -0.266. The van der Waals surface area contributed by atoms with E-state index in [1.165, 1.54) is 0 Å². The van der Waals surface area contributed by atoms with Gasteiger partial charge in [-0.2, -0.15) is 5.11 Å². The van der Waals surface area contributed by atoms with Crippen molar-refractivity contribution >= 4 is 22.1 Å². The van der Waals surface area contributed by atoms with Crippen LogP contribution in [0.4, 0.5) is 11.4 Å². The summed E-state index contributed by atoms with van der Waals surface area (Å²) in [5.41, 5.74) is 1.20. The summed E-state index contributed by atoms with van der Waals surface area (Å²) in [6.07, 6.45) is 0. The second-order valence-electron chi connectivity index (χ2n) is 6.56. The lowest BCUT2D eigenvalue weighted by atomic mass is 10.1. The zero-order chi connectivity index (χ0) is 17.2. The van der Waals surface area contributed by atoms with Gasteiger partial charge in [0.25, 0.3) is 0 Å². The minimum absolute atomic E-state index is 0.211. The lowest BCUT2D eigenvalue weighted by Gasteiger charge is -2.22. The largest absolute Gasteiger partial charge is 0.508 e. The normalized spacial score (nSPS) is 12.0. The Hall–Kier alpha value is -2.88. The van der Waals surface area contributed by atoms with Crippen LogP contribution in [0.15, 0.2) is 70.9 Å². The van der Waals surface area contributed by atoms with Crippen molar-refractivity contribution in [1.29, 1.82) is 0 Å². The third kappa shape index (κ3) is 3.71. The molecule has 0 aliphatic heterocycles. The number of hydrogen-bond acceptors (Lipinski definition) is 4. The van der Waals surface area contributed by atoms with Gasteiger partial charge in [0.05, 0.1) is 11.4 Å². The summed E-state index contributed by atoms with van der Waals surface area (Å²) in [4.78, 5) is 0. The van der Waals surface area contributed by atoms with Crippen molar-refractivity contribution in [3.05, 3.63) is 60.7 Å². The molecule has 0 saturated carbocycles. The molecule has 0 aromatic heterocycles. The maximum absolute atomic E-state index is 9.32. The molecule has 0 unspecified atom stereocenters. The number of nitrogens with zero attached hydrogens (tertiary/aromatic N) is 2. The van der Waals surface area contributed by atoms with Crippen LogP contribution in [0, 0.1) is 0 Å². The van der Waals surface area contributed by atoms with E-state index in [0.717, 1.165) is 22.2 Å². The Morgan fingerprint density at radius 1 is 0.792 bits per heavy atom. The highest BCUT2D eigenvalue weighted by atomic mass is 16.5. The van der Waals surface area contributed by atoms with Gasteiger partial charge in [-0.3, -0.25) is 0 Å². The van der Waals surface area contributed by atoms with Crippen LogP contribution >= 0.6 is 0 Å². The molecule has 24 heavy (non-hydrogen) atoms. The predicted molar refractivity (Wildman–Crippen MR) is 96.6 cm³/mol. The van der Waals surface area contributed by atoms with Crippen LogP contribution in [0.1, 0.15) is 20.8 Å². The van der Waals surface area contributed by atoms with E-state index >= 15 is 0 Å². The first-order chi connectivity index (χ1) is 11.4. The summed E-state index contributed by atoms with van der Waals surface area (Å²) in [5.74, 6) is 1.05. The Labute approximate surface area is 141 Å². The van der Waals surface area contributed by atoms with Crippen LogP contribution in [0.25, 0.3) is 10.8 Å². The van der Waals surface area contributed by atoms with Crippen molar-refractivity contribution in [2.75, 3.05) is 0 Å². The Morgan fingerprint density at radius 3 is 2.12 bits per heavy atom. The molecule has 0 spiro atoms. The van der Waals surface area contributed by atoms with Gasteiger partial charge in [-0.1, -0.05) is 24.3 Å². The molecule has 0 amide bonds. The van der Waals surface area contributed by atoms with Crippen molar-refractivity contribution in [2.24, 2.45) is 10.2 Å². The molecule has 3 aromatic rings. The molecule has 4 nitrogen and oxygen atoms in total. The number of fused-ring (bicyclic) bond motifs is 1. The molecule has 3 rings (SSSR count). The number of phenolic OH excluding ortho intramolecular Hbond substituents is 1. The molecule has 0 heterocycles. The molecular formula is C20H20N2O2. The monoisotopic (exact) mass is 320 g/mol. The van der Waals surface area contributed by atoms with Gasteiger partial charge in [0.1, 0.15) is 17.1 Å². The smallest absolute Gasteiger partial charge is 0.128 e. The number of aromatic hydroxyl groups is 1. The second kappa shape index (κ2) is 6.32. The molecule has 0 saturated heterocycles. The molecule has 0 fully saturated rings. The second-order valence-corrected chi connectivity index (χ2v) is 6.56. The van der Waals surface area contributed by atoms with Gasteiger partial charge in [0.2, 0.25) is 0 Å². The van der Waals surface area contributed by atoms with E-state index in [4.69, 9.17) is 4.74 Å². The van der Waals surface area contributed by atoms with Crippen LogP contribution in [0.2, 0.25) is 0 Å². The van der Waals surface area contributed by atoms with Gasteiger partial charge in [0, 0.05) is 10.8 Å². The Kier molecular flexibility index (Phi) is 4.21. The Bertz CT molecular complexity index is 878. The average Bonchev–Trinajstić information content (AvgIpc) is 2.54. The van der Waals surface area contributed by atoms with Crippen molar-refractivity contribution in [1.82, 2.24) is 0 Å². The van der Waals surface area contributed by atoms with E-state index in [9.17, 15) is 5.11 Å². The fourth-order valence-corrected chi connectivity index (χ4v) is 2.39. The highest BCUT2D eigenvalue weighted by Crippen LogP contribution is 2.35. The number of ether oxygens (including phenoxy) is 1. The summed E-state index contributed by atoms with van der Waals surface area (Å²) in [6, 6.07) is 18.5. The Morgan fingerprint density at radius 2 is 1.46 bits per heavy atom. The van der Waals surface area contributed by atoms with E-state index in [0.29, 0.717) is 5.69 Å². The van der Waals surface area contributed by atoms with Gasteiger partial charge in [-0.15, -0.1) is 5.11 Å². The van der Waals surface area contributed by atoms with E-state index in [2.05, 4.69) is 10.2 Å². The molecule has 0 atom stereocenters. The van der Waals surface area contributed by atoms with Crippen molar-refractivity contribution in [3.63, 3.8) is 0 Å².